The van der Waals surface area contributed by atoms with Gasteiger partial charge in [-0.3, -0.25) is 14.9 Å². The predicted molar refractivity (Wildman–Crippen MR) is 83.0 cm³/mol. The van der Waals surface area contributed by atoms with Crippen molar-refractivity contribution in [2.45, 2.75) is 13.3 Å². The summed E-state index contributed by atoms with van der Waals surface area (Å²) in [6.07, 6.45) is 0.0759. The van der Waals surface area contributed by atoms with Crippen molar-refractivity contribution in [2.75, 3.05) is 11.9 Å². The fraction of sp³-hybridized carbons (Fsp3) is 0.188. The molecule has 0 saturated heterocycles. The smallest absolute Gasteiger partial charge is 0.269 e. The van der Waals surface area contributed by atoms with Crippen LogP contribution >= 0.6 is 0 Å². The molecule has 120 valence electrons. The van der Waals surface area contributed by atoms with Crippen LogP contribution in [0.15, 0.2) is 42.5 Å². The van der Waals surface area contributed by atoms with Gasteiger partial charge in [0.25, 0.3) is 5.69 Å². The maximum Gasteiger partial charge on any atom is 0.269 e. The van der Waals surface area contributed by atoms with E-state index in [9.17, 15) is 19.3 Å². The first kappa shape index (κ1) is 16.4. The zero-order valence-electron chi connectivity index (χ0n) is 12.4. The monoisotopic (exact) mass is 318 g/mol. The molecule has 0 fully saturated rings. The summed E-state index contributed by atoms with van der Waals surface area (Å²) in [7, 11) is 0. The average molecular weight is 318 g/mol. The lowest BCUT2D eigenvalue weighted by Gasteiger charge is -2.08. The average Bonchev–Trinajstić information content (AvgIpc) is 2.51. The molecule has 0 radical (unpaired) electrons. The molecule has 0 aliphatic carbocycles. The van der Waals surface area contributed by atoms with Crippen molar-refractivity contribution in [3.8, 4) is 5.75 Å². The number of anilines is 1. The van der Waals surface area contributed by atoms with Gasteiger partial charge >= 0.3 is 0 Å². The summed E-state index contributed by atoms with van der Waals surface area (Å²) in [6, 6.07) is 10.0. The number of carbonyl (C=O) groups is 1. The molecule has 0 aliphatic heterocycles. The number of halogens is 1. The molecule has 2 aromatic carbocycles. The quantitative estimate of drug-likeness (QED) is 0.653. The molecule has 0 saturated carbocycles. The van der Waals surface area contributed by atoms with Crippen molar-refractivity contribution in [1.82, 2.24) is 0 Å². The molecule has 0 heterocycles. The Morgan fingerprint density at radius 3 is 2.57 bits per heavy atom. The normalized spacial score (nSPS) is 10.2. The van der Waals surface area contributed by atoms with Gasteiger partial charge < -0.3 is 10.1 Å². The number of hydrogen-bond donors (Lipinski definition) is 1. The first-order valence-electron chi connectivity index (χ1n) is 6.89. The molecule has 7 heteroatoms. The summed E-state index contributed by atoms with van der Waals surface area (Å²) in [5, 5.41) is 13.1. The van der Waals surface area contributed by atoms with E-state index in [0.717, 1.165) is 0 Å². The van der Waals surface area contributed by atoms with Crippen LogP contribution in [0.4, 0.5) is 15.8 Å². The number of aryl methyl sites for hydroxylation is 1. The van der Waals surface area contributed by atoms with Crippen molar-refractivity contribution in [3.63, 3.8) is 0 Å². The predicted octanol–water partition coefficient (Wildman–Crippen LogP) is 3.45. The largest absolute Gasteiger partial charge is 0.493 e. The second-order valence-corrected chi connectivity index (χ2v) is 4.86. The number of nitrogens with zero attached hydrogens (tertiary/aromatic N) is 1. The Kier molecular flexibility index (Phi) is 5.24. The molecule has 0 unspecified atom stereocenters. The summed E-state index contributed by atoms with van der Waals surface area (Å²) >= 11 is 0. The topological polar surface area (TPSA) is 81.5 Å². The lowest BCUT2D eigenvalue weighted by atomic mass is 10.2. The number of hydrogen-bond acceptors (Lipinski definition) is 4. The number of nitro groups is 1. The number of amides is 1. The van der Waals surface area contributed by atoms with Crippen molar-refractivity contribution < 1.29 is 18.8 Å². The van der Waals surface area contributed by atoms with E-state index >= 15 is 0 Å². The van der Waals surface area contributed by atoms with E-state index in [2.05, 4.69) is 5.32 Å². The lowest BCUT2D eigenvalue weighted by Crippen LogP contribution is -2.15. The third kappa shape index (κ3) is 4.77. The van der Waals surface area contributed by atoms with Gasteiger partial charge in [-0.25, -0.2) is 4.39 Å². The number of nitro benzene ring substituents is 1. The highest BCUT2D eigenvalue weighted by molar-refractivity contribution is 5.90. The van der Waals surface area contributed by atoms with E-state index < -0.39 is 4.92 Å². The van der Waals surface area contributed by atoms with E-state index in [4.69, 9.17) is 4.74 Å². The standard InChI is InChI=1S/C16H15FN2O4/c1-11-2-3-12(10-15(11)17)18-16(20)8-9-23-14-6-4-13(5-7-14)19(21)22/h2-7,10H,8-9H2,1H3,(H,18,20). The number of rotatable bonds is 6. The number of non-ortho nitro benzene ring substituents is 1. The Morgan fingerprint density at radius 2 is 1.96 bits per heavy atom. The first-order chi connectivity index (χ1) is 11.0. The fourth-order valence-electron chi connectivity index (χ4n) is 1.82. The summed E-state index contributed by atoms with van der Waals surface area (Å²) < 4.78 is 18.7. The van der Waals surface area contributed by atoms with E-state index in [-0.39, 0.29) is 30.4 Å². The van der Waals surface area contributed by atoms with Gasteiger partial charge in [-0.2, -0.15) is 0 Å². The fourth-order valence-corrected chi connectivity index (χ4v) is 1.82. The van der Waals surface area contributed by atoms with Crippen LogP contribution in [0.3, 0.4) is 0 Å². The molecule has 6 nitrogen and oxygen atoms in total. The molecule has 1 N–H and O–H groups in total. The van der Waals surface area contributed by atoms with Crippen molar-refractivity contribution in [3.05, 3.63) is 64.0 Å². The Hall–Kier alpha value is -2.96. The molecular formula is C16H15FN2O4. The molecule has 0 atom stereocenters. The van der Waals surface area contributed by atoms with Gasteiger partial charge in [0.1, 0.15) is 11.6 Å². The van der Waals surface area contributed by atoms with Gasteiger partial charge in [-0.1, -0.05) is 6.07 Å². The van der Waals surface area contributed by atoms with E-state index in [0.29, 0.717) is 17.0 Å². The number of ether oxygens (including phenoxy) is 1. The molecule has 1 amide bonds. The second-order valence-electron chi connectivity index (χ2n) is 4.86. The Labute approximate surface area is 132 Å². The minimum absolute atomic E-state index is 0.0310. The van der Waals surface area contributed by atoms with E-state index in [1.165, 1.54) is 30.3 Å². The Balaban J connectivity index is 1.80. The maximum absolute atomic E-state index is 13.4. The Bertz CT molecular complexity index is 717. The molecule has 2 rings (SSSR count). The van der Waals surface area contributed by atoms with Gasteiger partial charge in [-0.15, -0.1) is 0 Å². The van der Waals surface area contributed by atoms with Crippen LogP contribution in [0.2, 0.25) is 0 Å². The third-order valence-corrected chi connectivity index (χ3v) is 3.10. The van der Waals surface area contributed by atoms with Crippen LogP contribution in [0.5, 0.6) is 5.75 Å². The highest BCUT2D eigenvalue weighted by Gasteiger charge is 2.07. The van der Waals surface area contributed by atoms with Crippen molar-refractivity contribution in [1.29, 1.82) is 0 Å². The van der Waals surface area contributed by atoms with Crippen molar-refractivity contribution >= 4 is 17.3 Å². The van der Waals surface area contributed by atoms with Crippen LogP contribution in [0.1, 0.15) is 12.0 Å². The van der Waals surface area contributed by atoms with Crippen LogP contribution in [-0.2, 0) is 4.79 Å². The maximum atomic E-state index is 13.4. The SMILES string of the molecule is Cc1ccc(NC(=O)CCOc2ccc([N+](=O)[O-])cc2)cc1F. The lowest BCUT2D eigenvalue weighted by molar-refractivity contribution is -0.384. The molecule has 23 heavy (non-hydrogen) atoms. The van der Waals surface area contributed by atoms with Crippen LogP contribution in [0, 0.1) is 22.9 Å². The van der Waals surface area contributed by atoms with Crippen LogP contribution in [0.25, 0.3) is 0 Å². The third-order valence-electron chi connectivity index (χ3n) is 3.10. The second kappa shape index (κ2) is 7.35. The summed E-state index contributed by atoms with van der Waals surface area (Å²) in [4.78, 5) is 21.8. The molecular weight excluding hydrogens is 303 g/mol. The summed E-state index contributed by atoms with van der Waals surface area (Å²) in [5.41, 5.74) is 0.856. The van der Waals surface area contributed by atoms with Crippen LogP contribution < -0.4 is 10.1 Å². The molecule has 2 aromatic rings. The van der Waals surface area contributed by atoms with E-state index in [1.54, 1.807) is 19.1 Å². The number of carbonyl (C=O) groups excluding carboxylic acids is 1. The number of nitrogens with one attached hydrogen (secondary N) is 1. The van der Waals surface area contributed by atoms with Gasteiger partial charge in [0.2, 0.25) is 5.91 Å². The zero-order valence-corrected chi connectivity index (χ0v) is 12.4. The van der Waals surface area contributed by atoms with Gasteiger partial charge in [0.15, 0.2) is 0 Å². The minimum Gasteiger partial charge on any atom is -0.493 e. The summed E-state index contributed by atoms with van der Waals surface area (Å²) in [5.74, 6) is -0.259. The molecule has 0 aromatic heterocycles. The molecule has 0 spiro atoms. The van der Waals surface area contributed by atoms with Crippen molar-refractivity contribution in [2.24, 2.45) is 0 Å². The zero-order chi connectivity index (χ0) is 16.8. The highest BCUT2D eigenvalue weighted by atomic mass is 19.1. The van der Waals surface area contributed by atoms with Gasteiger partial charge in [-0.05, 0) is 36.8 Å². The van der Waals surface area contributed by atoms with Gasteiger partial charge in [0.05, 0.1) is 18.0 Å². The molecule has 0 aliphatic rings. The highest BCUT2D eigenvalue weighted by Crippen LogP contribution is 2.17. The summed E-state index contributed by atoms with van der Waals surface area (Å²) in [6.45, 7) is 1.75. The van der Waals surface area contributed by atoms with E-state index in [1.807, 2.05) is 0 Å². The minimum atomic E-state index is -0.502. The first-order valence-corrected chi connectivity index (χ1v) is 6.89. The molecule has 0 bridgehead atoms. The number of benzene rings is 2. The van der Waals surface area contributed by atoms with Gasteiger partial charge in [0, 0.05) is 17.8 Å². The van der Waals surface area contributed by atoms with Crippen LogP contribution in [-0.4, -0.2) is 17.4 Å². The Morgan fingerprint density at radius 1 is 1.26 bits per heavy atom.